The average molecular weight is 711 g/mol. The minimum Gasteiger partial charge on any atom is -0.415 e. The van der Waals surface area contributed by atoms with Crippen LogP contribution >= 0.6 is 0 Å². The Morgan fingerprint density at radius 1 is 0.209 bits per heavy atom. The Morgan fingerprint density at radius 3 is 0.488 bits per heavy atom. The van der Waals surface area contributed by atoms with Crippen LogP contribution in [0.25, 0.3) is 0 Å². The SMILES string of the molecule is CC(C)[Si]12O[Si](C(C)C)(O[Si](C(C)C)(C(C)C)O[Si](C(C)C)(C(C)C)O1)O[Si](C(C)C)(C(C)C)O[Si](C(C)C)(C(C)C)O2. The molecule has 2 heterocycles. The van der Waals surface area contributed by atoms with Crippen molar-refractivity contribution in [1.82, 2.24) is 0 Å². The van der Waals surface area contributed by atoms with Crippen molar-refractivity contribution in [3.05, 3.63) is 0 Å². The monoisotopic (exact) mass is 710 g/mol. The highest BCUT2D eigenvalue weighted by Gasteiger charge is 2.75. The fourth-order valence-electron chi connectivity index (χ4n) is 7.05. The largest absolute Gasteiger partial charge is 0.478 e. The highest BCUT2D eigenvalue weighted by molar-refractivity contribution is 7.00. The predicted octanol–water partition coefficient (Wildman–Crippen LogP) is 10.9. The van der Waals surface area contributed by atoms with Gasteiger partial charge >= 0.3 is 51.9 Å². The maximum Gasteiger partial charge on any atom is 0.478 e. The molecule has 2 aliphatic heterocycles. The molecule has 0 radical (unpaired) electrons. The van der Waals surface area contributed by atoms with Gasteiger partial charge in [0.2, 0.25) is 0 Å². The van der Waals surface area contributed by atoms with E-state index in [1.165, 1.54) is 0 Å². The predicted molar refractivity (Wildman–Crippen MR) is 193 cm³/mol. The minimum atomic E-state index is -3.57. The Morgan fingerprint density at radius 2 is 0.372 bits per heavy atom. The Labute approximate surface area is 273 Å². The molecule has 0 N–H and O–H groups in total. The van der Waals surface area contributed by atoms with E-state index in [2.05, 4.69) is 138 Å². The fourth-order valence-corrected chi connectivity index (χ4v) is 51.2. The lowest BCUT2D eigenvalue weighted by Gasteiger charge is -2.62. The zero-order valence-corrected chi connectivity index (χ0v) is 37.6. The van der Waals surface area contributed by atoms with Crippen molar-refractivity contribution in [3.63, 3.8) is 0 Å². The quantitative estimate of drug-likeness (QED) is 0.209. The molecule has 2 aliphatic rings. The topological polar surface area (TPSA) is 64.6 Å². The molecule has 0 amide bonds. The van der Waals surface area contributed by atoms with Crippen molar-refractivity contribution in [1.29, 1.82) is 0 Å². The van der Waals surface area contributed by atoms with Gasteiger partial charge < -0.3 is 28.8 Å². The summed E-state index contributed by atoms with van der Waals surface area (Å²) in [6.07, 6.45) is 0. The normalized spacial score (nSPS) is 29.4. The van der Waals surface area contributed by atoms with Crippen molar-refractivity contribution in [2.45, 2.75) is 194 Å². The molecule has 0 aromatic carbocycles. The Kier molecular flexibility index (Phi) is 13.0. The molecule has 2 saturated heterocycles. The van der Waals surface area contributed by atoms with Gasteiger partial charge in [-0.05, 0) is 44.3 Å². The standard InChI is InChI=1S/C30H70O7Si6/c1-21(2)38(22(3)4)31-39(23(5)6,24(7)8)34-43(30(19)20)36-41(27(13)14,28(15)16)32-40(25(9)10,26(11)12)35-42(33-38,37-43)29(17)18/h21-30H,1-20H3. The van der Waals surface area contributed by atoms with Crippen molar-refractivity contribution in [2.75, 3.05) is 0 Å². The van der Waals surface area contributed by atoms with E-state index in [9.17, 15) is 0 Å². The number of hydrogen-bond acceptors (Lipinski definition) is 7. The second-order valence-electron chi connectivity index (χ2n) is 16.4. The summed E-state index contributed by atoms with van der Waals surface area (Å²) in [4.78, 5) is 0. The molecule has 0 unspecified atom stereocenters. The lowest BCUT2D eigenvalue weighted by atomic mass is 10.5. The number of fused-ring (bicyclic) bond motifs is 2. The van der Waals surface area contributed by atoms with Gasteiger partial charge in [0, 0.05) is 11.1 Å². The maximum atomic E-state index is 7.83. The summed E-state index contributed by atoms with van der Waals surface area (Å²) in [6.45, 7) is 45.1. The van der Waals surface area contributed by atoms with Crippen LogP contribution in [0.5, 0.6) is 0 Å². The van der Waals surface area contributed by atoms with Gasteiger partial charge in [-0.15, -0.1) is 0 Å². The lowest BCUT2D eigenvalue weighted by Crippen LogP contribution is -2.81. The first-order chi connectivity index (χ1) is 19.4. The fraction of sp³-hybridized carbons (Fsp3) is 1.00. The summed E-state index contributed by atoms with van der Waals surface area (Å²) in [5.41, 5.74) is 1.33. The van der Waals surface area contributed by atoms with Crippen molar-refractivity contribution >= 4 is 51.9 Å². The average Bonchev–Trinajstić information content (AvgIpc) is 2.82. The summed E-state index contributed by atoms with van der Waals surface area (Å²) >= 11 is 0. The highest BCUT2D eigenvalue weighted by atomic mass is 28.6. The van der Waals surface area contributed by atoms with Crippen molar-refractivity contribution in [3.8, 4) is 0 Å². The molecule has 0 saturated carbocycles. The first kappa shape index (κ1) is 40.2. The Hall–Kier alpha value is 1.02. The molecule has 43 heavy (non-hydrogen) atoms. The molecule has 13 heteroatoms. The van der Waals surface area contributed by atoms with E-state index in [0.717, 1.165) is 0 Å². The van der Waals surface area contributed by atoms with Gasteiger partial charge in [-0.1, -0.05) is 138 Å². The zero-order chi connectivity index (χ0) is 33.7. The molecule has 2 rings (SSSR count). The van der Waals surface area contributed by atoms with Crippen LogP contribution in [0.1, 0.15) is 138 Å². The molecule has 0 spiro atoms. The van der Waals surface area contributed by atoms with Gasteiger partial charge in [0.25, 0.3) is 0 Å². The van der Waals surface area contributed by atoms with Gasteiger partial charge in [-0.25, -0.2) is 0 Å². The zero-order valence-electron chi connectivity index (χ0n) is 31.6. The van der Waals surface area contributed by atoms with Crippen LogP contribution in [0, 0.1) is 0 Å². The van der Waals surface area contributed by atoms with Gasteiger partial charge in [-0.2, -0.15) is 0 Å². The molecule has 0 aromatic rings. The molecule has 256 valence electrons. The van der Waals surface area contributed by atoms with E-state index in [0.29, 0.717) is 0 Å². The van der Waals surface area contributed by atoms with Crippen LogP contribution in [0.4, 0.5) is 0 Å². The second-order valence-corrected chi connectivity index (χ2v) is 41.8. The summed E-state index contributed by atoms with van der Waals surface area (Å²) in [5, 5.41) is 0. The Bertz CT molecular complexity index is 763. The van der Waals surface area contributed by atoms with E-state index in [-0.39, 0.29) is 55.4 Å². The van der Waals surface area contributed by atoms with Crippen LogP contribution in [0.2, 0.25) is 55.4 Å². The molecule has 0 aliphatic carbocycles. The highest BCUT2D eigenvalue weighted by Crippen LogP contribution is 2.57. The molecule has 7 nitrogen and oxygen atoms in total. The third-order valence-electron chi connectivity index (χ3n) is 9.98. The summed E-state index contributed by atoms with van der Waals surface area (Å²) < 4.78 is 54.8. The third kappa shape index (κ3) is 6.82. The van der Waals surface area contributed by atoms with Crippen molar-refractivity contribution in [2.24, 2.45) is 0 Å². The summed E-state index contributed by atoms with van der Waals surface area (Å²) in [5.74, 6) is 0. The van der Waals surface area contributed by atoms with Crippen LogP contribution in [-0.2, 0) is 28.8 Å². The molecule has 0 atom stereocenters. The molecule has 2 bridgehead atoms. The maximum absolute atomic E-state index is 7.83. The second kappa shape index (κ2) is 13.9. The van der Waals surface area contributed by atoms with Gasteiger partial charge in [-0.3, -0.25) is 0 Å². The van der Waals surface area contributed by atoms with Crippen LogP contribution in [0.3, 0.4) is 0 Å². The van der Waals surface area contributed by atoms with Gasteiger partial charge in [0.1, 0.15) is 0 Å². The van der Waals surface area contributed by atoms with E-state index >= 15 is 0 Å². The van der Waals surface area contributed by atoms with E-state index in [1.807, 2.05) is 0 Å². The number of hydrogen-bond donors (Lipinski definition) is 0. The molecular formula is C30H70O7Si6. The number of rotatable bonds is 10. The first-order valence-corrected chi connectivity index (χ1v) is 28.8. The lowest BCUT2D eigenvalue weighted by molar-refractivity contribution is 0.0719. The van der Waals surface area contributed by atoms with Gasteiger partial charge in [0.05, 0.1) is 0 Å². The van der Waals surface area contributed by atoms with E-state index in [1.54, 1.807) is 0 Å². The first-order valence-electron chi connectivity index (χ1n) is 17.3. The van der Waals surface area contributed by atoms with E-state index in [4.69, 9.17) is 28.8 Å². The van der Waals surface area contributed by atoms with Crippen LogP contribution < -0.4 is 0 Å². The van der Waals surface area contributed by atoms with Crippen LogP contribution in [0.15, 0.2) is 0 Å². The van der Waals surface area contributed by atoms with E-state index < -0.39 is 51.9 Å². The molecule has 2 fully saturated rings. The summed E-state index contributed by atoms with van der Waals surface area (Å²) in [7, 11) is -19.2. The minimum absolute atomic E-state index is 0.0224. The Balaban J connectivity index is 3.25. The smallest absolute Gasteiger partial charge is 0.415 e. The third-order valence-corrected chi connectivity index (χ3v) is 42.7. The van der Waals surface area contributed by atoms with Crippen LogP contribution in [-0.4, -0.2) is 51.9 Å². The molecule has 0 aromatic heterocycles. The van der Waals surface area contributed by atoms with Crippen molar-refractivity contribution < 1.29 is 28.8 Å². The molecular weight excluding hydrogens is 641 g/mol. The summed E-state index contributed by atoms with van der Waals surface area (Å²) in [6, 6.07) is 0. The van der Waals surface area contributed by atoms with Gasteiger partial charge in [0.15, 0.2) is 0 Å².